The van der Waals surface area contributed by atoms with Gasteiger partial charge in [0.2, 0.25) is 0 Å². The van der Waals surface area contributed by atoms with Crippen LogP contribution >= 0.6 is 15.6 Å². The number of aliphatic hydroxyl groups excluding tert-OH is 1. The highest BCUT2D eigenvalue weighted by atomic mass is 31.2. The van der Waals surface area contributed by atoms with E-state index in [4.69, 9.17) is 23.8 Å². The highest BCUT2D eigenvalue weighted by Crippen LogP contribution is 2.43. The van der Waals surface area contributed by atoms with Crippen LogP contribution in [0.2, 0.25) is 0 Å². The van der Waals surface area contributed by atoms with Crippen LogP contribution in [0.3, 0.4) is 0 Å². The van der Waals surface area contributed by atoms with E-state index in [2.05, 4.69) is 36.7 Å². The molecule has 4 atom stereocenters. The number of unbranched alkanes of at least 4 members (excludes halogenated alkanes) is 12. The molecule has 15 heteroatoms. The zero-order chi connectivity index (χ0) is 36.3. The fourth-order valence-electron chi connectivity index (χ4n) is 4.80. The zero-order valence-electron chi connectivity index (χ0n) is 29.9. The number of carbonyl (C=O) groups excluding carboxylic acids is 2. The summed E-state index contributed by atoms with van der Waals surface area (Å²) in [6.45, 7) is 6.25. The molecule has 0 aliphatic carbocycles. The number of phosphoric ester groups is 2. The van der Waals surface area contributed by atoms with Crippen LogP contribution in [0.5, 0.6) is 0 Å². The molecule has 2 unspecified atom stereocenters. The minimum absolute atomic E-state index is 0.134. The third-order valence-corrected chi connectivity index (χ3v) is 9.39. The molecule has 13 nitrogen and oxygen atoms in total. The first-order valence-electron chi connectivity index (χ1n) is 18.0. The number of phosphoric acid groups is 2. The van der Waals surface area contributed by atoms with Gasteiger partial charge in [-0.25, -0.2) is 9.13 Å². The smallest absolute Gasteiger partial charge is 0.462 e. The summed E-state index contributed by atoms with van der Waals surface area (Å²) < 4.78 is 47.4. The van der Waals surface area contributed by atoms with Gasteiger partial charge < -0.3 is 29.3 Å². The normalized spacial score (nSPS) is 15.2. The third kappa shape index (κ3) is 32.3. The van der Waals surface area contributed by atoms with E-state index in [0.717, 1.165) is 50.4 Å². The maximum atomic E-state index is 12.5. The van der Waals surface area contributed by atoms with Crippen molar-refractivity contribution < 1.29 is 61.6 Å². The van der Waals surface area contributed by atoms with Crippen LogP contribution in [0, 0.1) is 11.8 Å². The number of hydrogen-bond acceptors (Lipinski definition) is 10. The van der Waals surface area contributed by atoms with Crippen LogP contribution in [0.15, 0.2) is 0 Å². The Kier molecular flexibility index (Phi) is 28.2. The highest BCUT2D eigenvalue weighted by molar-refractivity contribution is 7.47. The van der Waals surface area contributed by atoms with E-state index in [0.29, 0.717) is 12.8 Å². The second-order valence-electron chi connectivity index (χ2n) is 13.2. The van der Waals surface area contributed by atoms with E-state index in [1.165, 1.54) is 57.8 Å². The van der Waals surface area contributed by atoms with Crippen molar-refractivity contribution in [3.8, 4) is 0 Å². The van der Waals surface area contributed by atoms with Crippen molar-refractivity contribution in [3.05, 3.63) is 0 Å². The molecule has 0 heterocycles. The average molecular weight is 733 g/mol. The van der Waals surface area contributed by atoms with Gasteiger partial charge in [0.1, 0.15) is 12.7 Å². The van der Waals surface area contributed by atoms with Crippen molar-refractivity contribution in [1.29, 1.82) is 0 Å². The number of aliphatic hydroxyl groups is 1. The maximum absolute atomic E-state index is 12.5. The van der Waals surface area contributed by atoms with Crippen LogP contribution < -0.4 is 0 Å². The Morgan fingerprint density at radius 3 is 1.58 bits per heavy atom. The van der Waals surface area contributed by atoms with Crippen molar-refractivity contribution in [2.24, 2.45) is 11.8 Å². The lowest BCUT2D eigenvalue weighted by Gasteiger charge is -2.20. The van der Waals surface area contributed by atoms with Crippen LogP contribution in [0.1, 0.15) is 150 Å². The molecule has 0 saturated carbocycles. The Balaban J connectivity index is 4.64. The molecule has 0 radical (unpaired) electrons. The molecular formula is C33H66O13P2. The van der Waals surface area contributed by atoms with Crippen LogP contribution in [-0.4, -0.2) is 70.4 Å². The predicted molar refractivity (Wildman–Crippen MR) is 184 cm³/mol. The fraction of sp³-hybridized carbons (Fsp3) is 0.939. The minimum atomic E-state index is -4.85. The number of carbonyl (C=O) groups is 2. The maximum Gasteiger partial charge on any atom is 0.472 e. The molecule has 0 aliphatic heterocycles. The Morgan fingerprint density at radius 1 is 0.604 bits per heavy atom. The van der Waals surface area contributed by atoms with Crippen molar-refractivity contribution in [1.82, 2.24) is 0 Å². The molecule has 0 aromatic rings. The first-order chi connectivity index (χ1) is 22.6. The quantitative estimate of drug-likeness (QED) is 0.0290. The highest BCUT2D eigenvalue weighted by Gasteiger charge is 2.28. The standard InChI is InChI=1S/C33H66O13P2/c1-5-29(4)21-17-13-10-11-14-18-22-32(35)42-26-31(27-45-48(40,41)44-25-30(34)24-43-47(37,38)39)46-33(36)23-19-15-9-7-6-8-12-16-20-28(2)3/h28-31,34H,5-27H2,1-4H3,(H,40,41)(H2,37,38,39)/t29?,30-,31+/m0/s1. The van der Waals surface area contributed by atoms with E-state index in [9.17, 15) is 28.7 Å². The van der Waals surface area contributed by atoms with Gasteiger partial charge in [0.05, 0.1) is 19.8 Å². The van der Waals surface area contributed by atoms with Gasteiger partial charge in [-0.05, 0) is 24.7 Å². The molecule has 0 rings (SSSR count). The number of esters is 2. The predicted octanol–water partition coefficient (Wildman–Crippen LogP) is 7.77. The summed E-state index contributed by atoms with van der Waals surface area (Å²) in [7, 11) is -9.64. The van der Waals surface area contributed by atoms with Gasteiger partial charge in [-0.3, -0.25) is 23.2 Å². The van der Waals surface area contributed by atoms with Crippen molar-refractivity contribution in [2.75, 3.05) is 26.4 Å². The molecule has 48 heavy (non-hydrogen) atoms. The summed E-state index contributed by atoms with van der Waals surface area (Å²) in [5.74, 6) is 0.460. The van der Waals surface area contributed by atoms with E-state index < -0.39 is 59.6 Å². The molecule has 0 bridgehead atoms. The molecule has 286 valence electrons. The molecule has 0 spiro atoms. The summed E-state index contributed by atoms with van der Waals surface area (Å²) >= 11 is 0. The van der Waals surface area contributed by atoms with Crippen molar-refractivity contribution in [3.63, 3.8) is 0 Å². The number of ether oxygens (including phenoxy) is 2. The Hall–Kier alpha value is -0.880. The van der Waals surface area contributed by atoms with Gasteiger partial charge in [-0.2, -0.15) is 0 Å². The van der Waals surface area contributed by atoms with Crippen molar-refractivity contribution in [2.45, 2.75) is 162 Å². The van der Waals surface area contributed by atoms with E-state index in [1.807, 2.05) is 0 Å². The Bertz CT molecular complexity index is 912. The zero-order valence-corrected chi connectivity index (χ0v) is 31.7. The van der Waals surface area contributed by atoms with Gasteiger partial charge in [0.15, 0.2) is 6.10 Å². The molecule has 0 aliphatic rings. The summed E-state index contributed by atoms with van der Waals surface area (Å²) in [6, 6.07) is 0. The van der Waals surface area contributed by atoms with Gasteiger partial charge in [0.25, 0.3) is 0 Å². The summed E-state index contributed by atoms with van der Waals surface area (Å²) in [4.78, 5) is 52.3. The fourth-order valence-corrected chi connectivity index (χ4v) is 5.96. The van der Waals surface area contributed by atoms with E-state index in [-0.39, 0.29) is 19.4 Å². The summed E-state index contributed by atoms with van der Waals surface area (Å²) in [5, 5.41) is 9.68. The first kappa shape index (κ1) is 47.1. The Labute approximate surface area is 289 Å². The third-order valence-electron chi connectivity index (χ3n) is 7.95. The van der Waals surface area contributed by atoms with Gasteiger partial charge in [-0.1, -0.05) is 124 Å². The lowest BCUT2D eigenvalue weighted by molar-refractivity contribution is -0.161. The minimum Gasteiger partial charge on any atom is -0.462 e. The SMILES string of the molecule is CCC(C)CCCCCCCCC(=O)OC[C@H](COP(=O)(O)OC[C@@H](O)COP(=O)(O)O)OC(=O)CCCCCCCCCCC(C)C. The summed E-state index contributed by atoms with van der Waals surface area (Å²) in [6.07, 6.45) is 15.8. The van der Waals surface area contributed by atoms with E-state index >= 15 is 0 Å². The van der Waals surface area contributed by atoms with Gasteiger partial charge in [0, 0.05) is 12.8 Å². The lowest BCUT2D eigenvalue weighted by Crippen LogP contribution is -2.30. The van der Waals surface area contributed by atoms with E-state index in [1.54, 1.807) is 0 Å². The Morgan fingerprint density at radius 2 is 1.06 bits per heavy atom. The van der Waals surface area contributed by atoms with Gasteiger partial charge >= 0.3 is 27.6 Å². The van der Waals surface area contributed by atoms with Gasteiger partial charge in [-0.15, -0.1) is 0 Å². The molecule has 0 aromatic heterocycles. The largest absolute Gasteiger partial charge is 0.472 e. The molecule has 0 aromatic carbocycles. The van der Waals surface area contributed by atoms with Crippen LogP contribution in [-0.2, 0) is 41.8 Å². The monoisotopic (exact) mass is 732 g/mol. The van der Waals surface area contributed by atoms with Crippen LogP contribution in [0.4, 0.5) is 0 Å². The lowest BCUT2D eigenvalue weighted by atomic mass is 10.00. The molecule has 0 fully saturated rings. The molecule has 0 amide bonds. The average Bonchev–Trinajstić information content (AvgIpc) is 3.01. The first-order valence-corrected chi connectivity index (χ1v) is 21.0. The molecular weight excluding hydrogens is 666 g/mol. The van der Waals surface area contributed by atoms with Crippen LogP contribution in [0.25, 0.3) is 0 Å². The van der Waals surface area contributed by atoms with Crippen molar-refractivity contribution >= 4 is 27.6 Å². The number of hydrogen-bond donors (Lipinski definition) is 4. The number of rotatable bonds is 33. The summed E-state index contributed by atoms with van der Waals surface area (Å²) in [5.41, 5.74) is 0. The second kappa shape index (κ2) is 28.8. The molecule has 4 N–H and O–H groups in total. The molecule has 0 saturated heterocycles. The topological polar surface area (TPSA) is 195 Å². The second-order valence-corrected chi connectivity index (χ2v) is 15.9.